The standard InChI is InChI=1S/C13H11FN2O2/c14-12-5-4-8(15)6-11(12)13(18)16-9-2-1-3-10(17)7-9/h1-7,17H,15H2,(H,16,18). The maximum atomic E-state index is 13.4. The number of halogens is 1. The van der Waals surface area contributed by atoms with E-state index in [0.29, 0.717) is 11.4 Å². The minimum absolute atomic E-state index is 0.0147. The Morgan fingerprint density at radius 2 is 2.00 bits per heavy atom. The highest BCUT2D eigenvalue weighted by Crippen LogP contribution is 2.18. The van der Waals surface area contributed by atoms with Crippen molar-refractivity contribution in [2.75, 3.05) is 11.1 Å². The molecule has 0 radical (unpaired) electrons. The van der Waals surface area contributed by atoms with Gasteiger partial charge in [-0.1, -0.05) is 6.07 Å². The lowest BCUT2D eigenvalue weighted by atomic mass is 10.1. The van der Waals surface area contributed by atoms with Crippen molar-refractivity contribution in [1.29, 1.82) is 0 Å². The molecule has 0 heterocycles. The molecule has 18 heavy (non-hydrogen) atoms. The molecule has 0 spiro atoms. The number of hydrogen-bond acceptors (Lipinski definition) is 3. The molecule has 4 nitrogen and oxygen atoms in total. The first-order chi connectivity index (χ1) is 8.56. The summed E-state index contributed by atoms with van der Waals surface area (Å²) in [6, 6.07) is 9.75. The molecule has 92 valence electrons. The van der Waals surface area contributed by atoms with Crippen LogP contribution in [0.2, 0.25) is 0 Å². The zero-order valence-electron chi connectivity index (χ0n) is 9.35. The van der Waals surface area contributed by atoms with E-state index in [-0.39, 0.29) is 11.3 Å². The van der Waals surface area contributed by atoms with Gasteiger partial charge in [0.25, 0.3) is 5.91 Å². The zero-order chi connectivity index (χ0) is 13.1. The van der Waals surface area contributed by atoms with Gasteiger partial charge in [-0.2, -0.15) is 0 Å². The normalized spacial score (nSPS) is 10.1. The molecule has 5 heteroatoms. The third-order valence-corrected chi connectivity index (χ3v) is 2.34. The van der Waals surface area contributed by atoms with E-state index in [2.05, 4.69) is 5.32 Å². The molecular formula is C13H11FN2O2. The molecule has 0 atom stereocenters. The van der Waals surface area contributed by atoms with Gasteiger partial charge in [0.1, 0.15) is 11.6 Å². The highest BCUT2D eigenvalue weighted by atomic mass is 19.1. The van der Waals surface area contributed by atoms with Crippen LogP contribution in [0.15, 0.2) is 42.5 Å². The van der Waals surface area contributed by atoms with Crippen LogP contribution in [0.1, 0.15) is 10.4 Å². The number of rotatable bonds is 2. The number of benzene rings is 2. The van der Waals surface area contributed by atoms with Crippen molar-refractivity contribution in [2.24, 2.45) is 0 Å². The molecule has 2 aromatic rings. The summed E-state index contributed by atoms with van der Waals surface area (Å²) in [6.45, 7) is 0. The van der Waals surface area contributed by atoms with Crippen LogP contribution in [0.25, 0.3) is 0 Å². The molecule has 1 amide bonds. The van der Waals surface area contributed by atoms with Gasteiger partial charge in [-0.3, -0.25) is 4.79 Å². The van der Waals surface area contributed by atoms with Gasteiger partial charge in [-0.05, 0) is 30.3 Å². The highest BCUT2D eigenvalue weighted by molar-refractivity contribution is 6.05. The van der Waals surface area contributed by atoms with Gasteiger partial charge in [0.2, 0.25) is 0 Å². The van der Waals surface area contributed by atoms with Gasteiger partial charge in [0.05, 0.1) is 5.56 Å². The van der Waals surface area contributed by atoms with E-state index in [1.807, 2.05) is 0 Å². The average molecular weight is 246 g/mol. The molecule has 0 aliphatic carbocycles. The molecule has 0 saturated carbocycles. The van der Waals surface area contributed by atoms with Gasteiger partial charge in [-0.25, -0.2) is 4.39 Å². The third kappa shape index (κ3) is 2.57. The van der Waals surface area contributed by atoms with Crippen molar-refractivity contribution in [3.63, 3.8) is 0 Å². The number of nitrogens with two attached hydrogens (primary N) is 1. The molecule has 2 rings (SSSR count). The summed E-state index contributed by atoms with van der Waals surface area (Å²) in [6.07, 6.45) is 0. The maximum absolute atomic E-state index is 13.4. The Bertz CT molecular complexity index is 599. The average Bonchev–Trinajstić information content (AvgIpc) is 2.32. The van der Waals surface area contributed by atoms with Crippen molar-refractivity contribution < 1.29 is 14.3 Å². The first-order valence-electron chi connectivity index (χ1n) is 5.21. The SMILES string of the molecule is Nc1ccc(F)c(C(=O)Nc2cccc(O)c2)c1. The smallest absolute Gasteiger partial charge is 0.258 e. The van der Waals surface area contributed by atoms with Crippen LogP contribution in [-0.2, 0) is 0 Å². The number of phenols is 1. The van der Waals surface area contributed by atoms with Gasteiger partial charge >= 0.3 is 0 Å². The topological polar surface area (TPSA) is 75.4 Å². The maximum Gasteiger partial charge on any atom is 0.258 e. The molecule has 2 aromatic carbocycles. The summed E-state index contributed by atoms with van der Waals surface area (Å²) >= 11 is 0. The van der Waals surface area contributed by atoms with Crippen molar-refractivity contribution in [2.45, 2.75) is 0 Å². The fourth-order valence-corrected chi connectivity index (χ4v) is 1.50. The third-order valence-electron chi connectivity index (χ3n) is 2.34. The van der Waals surface area contributed by atoms with Crippen LogP contribution in [0.3, 0.4) is 0 Å². The van der Waals surface area contributed by atoms with Crippen LogP contribution in [0.5, 0.6) is 5.75 Å². The Balaban J connectivity index is 2.24. The minimum Gasteiger partial charge on any atom is -0.508 e. The molecule has 0 bridgehead atoms. The van der Waals surface area contributed by atoms with E-state index in [1.54, 1.807) is 12.1 Å². The number of nitrogens with one attached hydrogen (secondary N) is 1. The fourth-order valence-electron chi connectivity index (χ4n) is 1.50. The van der Waals surface area contributed by atoms with Crippen LogP contribution < -0.4 is 11.1 Å². The second kappa shape index (κ2) is 4.75. The number of aromatic hydroxyl groups is 1. The lowest BCUT2D eigenvalue weighted by Crippen LogP contribution is -2.14. The Morgan fingerprint density at radius 3 is 2.72 bits per heavy atom. The molecule has 0 aromatic heterocycles. The molecule has 0 aliphatic heterocycles. The first kappa shape index (κ1) is 11.9. The number of anilines is 2. The predicted molar refractivity (Wildman–Crippen MR) is 66.9 cm³/mol. The predicted octanol–water partition coefficient (Wildman–Crippen LogP) is 2.37. The van der Waals surface area contributed by atoms with Crippen LogP contribution in [-0.4, -0.2) is 11.0 Å². The molecule has 0 unspecified atom stereocenters. The number of carbonyl (C=O) groups is 1. The lowest BCUT2D eigenvalue weighted by molar-refractivity contribution is 0.102. The summed E-state index contributed by atoms with van der Waals surface area (Å²) in [5.41, 5.74) is 6.04. The van der Waals surface area contributed by atoms with Crippen LogP contribution in [0, 0.1) is 5.82 Å². The Hall–Kier alpha value is -2.56. The molecule has 0 aliphatic rings. The van der Waals surface area contributed by atoms with Gasteiger partial charge in [0, 0.05) is 17.4 Å². The summed E-state index contributed by atoms with van der Waals surface area (Å²) < 4.78 is 13.4. The first-order valence-corrected chi connectivity index (χ1v) is 5.21. The van der Waals surface area contributed by atoms with Gasteiger partial charge in [-0.15, -0.1) is 0 Å². The van der Waals surface area contributed by atoms with E-state index in [1.165, 1.54) is 24.3 Å². The molecule has 4 N–H and O–H groups in total. The zero-order valence-corrected chi connectivity index (χ0v) is 9.35. The van der Waals surface area contributed by atoms with Gasteiger partial charge in [0.15, 0.2) is 0 Å². The summed E-state index contributed by atoms with van der Waals surface area (Å²) in [4.78, 5) is 11.8. The molecule has 0 fully saturated rings. The van der Waals surface area contributed by atoms with Crippen LogP contribution in [0.4, 0.5) is 15.8 Å². The largest absolute Gasteiger partial charge is 0.508 e. The second-order valence-corrected chi connectivity index (χ2v) is 3.74. The van der Waals surface area contributed by atoms with E-state index >= 15 is 0 Å². The van der Waals surface area contributed by atoms with E-state index in [4.69, 9.17) is 5.73 Å². The summed E-state index contributed by atoms with van der Waals surface area (Å²) in [7, 11) is 0. The minimum atomic E-state index is -0.651. The van der Waals surface area contributed by atoms with Crippen molar-refractivity contribution in [3.05, 3.63) is 53.8 Å². The number of phenolic OH excluding ortho intramolecular Hbond substituents is 1. The Kier molecular flexibility index (Phi) is 3.14. The fraction of sp³-hybridized carbons (Fsp3) is 0. The summed E-state index contributed by atoms with van der Waals surface area (Å²) in [5.74, 6) is -1.26. The Morgan fingerprint density at radius 1 is 1.22 bits per heavy atom. The van der Waals surface area contributed by atoms with Crippen LogP contribution >= 0.6 is 0 Å². The molecule has 0 saturated heterocycles. The molecular weight excluding hydrogens is 235 g/mol. The summed E-state index contributed by atoms with van der Waals surface area (Å²) in [5, 5.41) is 11.7. The number of amides is 1. The monoisotopic (exact) mass is 246 g/mol. The highest BCUT2D eigenvalue weighted by Gasteiger charge is 2.12. The van der Waals surface area contributed by atoms with Crippen molar-refractivity contribution in [1.82, 2.24) is 0 Å². The van der Waals surface area contributed by atoms with Gasteiger partial charge < -0.3 is 16.2 Å². The lowest BCUT2D eigenvalue weighted by Gasteiger charge is -2.07. The number of carbonyl (C=O) groups excluding carboxylic acids is 1. The van der Waals surface area contributed by atoms with Crippen molar-refractivity contribution >= 4 is 17.3 Å². The second-order valence-electron chi connectivity index (χ2n) is 3.74. The quantitative estimate of drug-likeness (QED) is 0.712. The van der Waals surface area contributed by atoms with E-state index in [0.717, 1.165) is 6.07 Å². The van der Waals surface area contributed by atoms with E-state index < -0.39 is 11.7 Å². The number of hydrogen-bond donors (Lipinski definition) is 3. The van der Waals surface area contributed by atoms with E-state index in [9.17, 15) is 14.3 Å². The Labute approximate surface area is 103 Å². The van der Waals surface area contributed by atoms with Crippen molar-refractivity contribution in [3.8, 4) is 5.75 Å². The number of nitrogen functional groups attached to an aromatic ring is 1.